The number of nitrogens with two attached hydrogens (primary N) is 1. The minimum atomic E-state index is -0.167. The Kier molecular flexibility index (Phi) is 3.88. The van der Waals surface area contributed by atoms with Gasteiger partial charge in [-0.3, -0.25) is 4.79 Å². The number of amides is 1. The molecule has 0 unspecified atom stereocenters. The Bertz CT molecular complexity index is 827. The van der Waals surface area contributed by atoms with Crippen LogP contribution in [0.5, 0.6) is 11.5 Å². The van der Waals surface area contributed by atoms with E-state index in [4.69, 9.17) is 10.5 Å². The van der Waals surface area contributed by atoms with Gasteiger partial charge in [0.15, 0.2) is 0 Å². The molecule has 3 N–H and O–H groups in total. The van der Waals surface area contributed by atoms with E-state index in [2.05, 4.69) is 5.32 Å². The highest BCUT2D eigenvalue weighted by molar-refractivity contribution is 5.96. The number of nitrogen functional groups attached to an aromatic ring is 1. The lowest BCUT2D eigenvalue weighted by molar-refractivity contribution is -0.140. The highest BCUT2D eigenvalue weighted by Gasteiger charge is 2.54. The zero-order valence-electron chi connectivity index (χ0n) is 15.5. The van der Waals surface area contributed by atoms with E-state index in [0.717, 1.165) is 48.5 Å². The number of nitrogens with one attached hydrogen (secondary N) is 1. The normalized spacial score (nSPS) is 30.9. The second kappa shape index (κ2) is 6.29. The molecule has 0 aromatic heterocycles. The lowest BCUT2D eigenvalue weighted by Gasteiger charge is -2.55. The fraction of sp³-hybridized carbons (Fsp3) is 0.435. The molecule has 0 atom stereocenters. The average molecular weight is 362 g/mol. The fourth-order valence-corrected chi connectivity index (χ4v) is 6.03. The molecule has 4 nitrogen and oxygen atoms in total. The van der Waals surface area contributed by atoms with Crippen LogP contribution >= 0.6 is 0 Å². The van der Waals surface area contributed by atoms with Crippen molar-refractivity contribution in [3.8, 4) is 11.5 Å². The molecule has 0 heterocycles. The van der Waals surface area contributed by atoms with Gasteiger partial charge in [-0.15, -0.1) is 0 Å². The van der Waals surface area contributed by atoms with E-state index in [1.807, 2.05) is 42.5 Å². The molecule has 1 amide bonds. The van der Waals surface area contributed by atoms with E-state index in [0.29, 0.717) is 11.4 Å². The third kappa shape index (κ3) is 3.18. The standard InChI is InChI=1S/C23H26N2O2/c24-18-9-19(11-21(10-18)27-20-4-2-1-3-5-20)25-22(26)23-12-15-6-16(13-23)8-17(7-15)14-23/h1-5,9-11,15-17H,6-8,12-14,24H2,(H,25,26). The molecule has 4 fully saturated rings. The second-order valence-corrected chi connectivity index (χ2v) is 8.86. The molecular weight excluding hydrogens is 336 g/mol. The smallest absolute Gasteiger partial charge is 0.230 e. The Morgan fingerprint density at radius 2 is 1.56 bits per heavy atom. The number of carbonyl (C=O) groups is 1. The van der Waals surface area contributed by atoms with Crippen LogP contribution in [0, 0.1) is 23.2 Å². The first-order valence-electron chi connectivity index (χ1n) is 10.0. The van der Waals surface area contributed by atoms with Gasteiger partial charge in [0.05, 0.1) is 5.41 Å². The number of carbonyl (C=O) groups excluding carboxylic acids is 1. The SMILES string of the molecule is Nc1cc(NC(=O)C23CC4CC(CC(C4)C2)C3)cc(Oc2ccccc2)c1. The third-order valence-corrected chi connectivity index (χ3v) is 6.69. The molecule has 4 heteroatoms. The summed E-state index contributed by atoms with van der Waals surface area (Å²) in [6.07, 6.45) is 7.17. The average Bonchev–Trinajstić information content (AvgIpc) is 2.61. The topological polar surface area (TPSA) is 64.3 Å². The number of ether oxygens (including phenoxy) is 1. The quantitative estimate of drug-likeness (QED) is 0.733. The number of rotatable bonds is 4. The van der Waals surface area contributed by atoms with Crippen LogP contribution in [0.4, 0.5) is 11.4 Å². The van der Waals surface area contributed by atoms with E-state index in [-0.39, 0.29) is 11.3 Å². The molecule has 0 saturated heterocycles. The van der Waals surface area contributed by atoms with Crippen molar-refractivity contribution in [3.63, 3.8) is 0 Å². The molecule has 4 aliphatic rings. The molecule has 2 aromatic carbocycles. The predicted octanol–water partition coefficient (Wildman–Crippen LogP) is 5.22. The fourth-order valence-electron chi connectivity index (χ4n) is 6.03. The van der Waals surface area contributed by atoms with E-state index in [1.54, 1.807) is 6.07 Å². The molecular formula is C23H26N2O2. The first-order chi connectivity index (χ1) is 13.1. The first kappa shape index (κ1) is 16.7. The number of hydrogen-bond acceptors (Lipinski definition) is 3. The van der Waals surface area contributed by atoms with Gasteiger partial charge >= 0.3 is 0 Å². The highest BCUT2D eigenvalue weighted by atomic mass is 16.5. The van der Waals surface area contributed by atoms with Crippen LogP contribution < -0.4 is 15.8 Å². The van der Waals surface area contributed by atoms with Gasteiger partial charge in [-0.25, -0.2) is 0 Å². The van der Waals surface area contributed by atoms with Crippen LogP contribution in [0.1, 0.15) is 38.5 Å². The first-order valence-corrected chi connectivity index (χ1v) is 10.0. The van der Waals surface area contributed by atoms with E-state index < -0.39 is 0 Å². The van der Waals surface area contributed by atoms with Gasteiger partial charge in [0.25, 0.3) is 0 Å². The minimum absolute atomic E-state index is 0.167. The van der Waals surface area contributed by atoms with Crippen LogP contribution in [0.2, 0.25) is 0 Å². The van der Waals surface area contributed by atoms with Crippen molar-refractivity contribution in [2.45, 2.75) is 38.5 Å². The Balaban J connectivity index is 1.35. The van der Waals surface area contributed by atoms with Gasteiger partial charge in [-0.05, 0) is 74.5 Å². The van der Waals surface area contributed by atoms with E-state index >= 15 is 0 Å². The summed E-state index contributed by atoms with van der Waals surface area (Å²) in [5, 5.41) is 3.17. The van der Waals surface area contributed by atoms with Gasteiger partial charge in [0.1, 0.15) is 11.5 Å². The van der Waals surface area contributed by atoms with Crippen LogP contribution in [-0.2, 0) is 4.79 Å². The van der Waals surface area contributed by atoms with Crippen molar-refractivity contribution in [2.24, 2.45) is 23.2 Å². The van der Waals surface area contributed by atoms with Crippen molar-refractivity contribution < 1.29 is 9.53 Å². The summed E-state index contributed by atoms with van der Waals surface area (Å²) >= 11 is 0. The van der Waals surface area contributed by atoms with Gasteiger partial charge in [-0.1, -0.05) is 18.2 Å². The van der Waals surface area contributed by atoms with Crippen molar-refractivity contribution in [3.05, 3.63) is 48.5 Å². The summed E-state index contributed by atoms with van der Waals surface area (Å²) in [4.78, 5) is 13.3. The zero-order chi connectivity index (χ0) is 18.4. The Morgan fingerprint density at radius 3 is 2.19 bits per heavy atom. The molecule has 140 valence electrons. The van der Waals surface area contributed by atoms with Gasteiger partial charge < -0.3 is 15.8 Å². The molecule has 0 radical (unpaired) electrons. The molecule has 0 spiro atoms. The summed E-state index contributed by atoms with van der Waals surface area (Å²) in [7, 11) is 0. The minimum Gasteiger partial charge on any atom is -0.457 e. The number of anilines is 2. The largest absolute Gasteiger partial charge is 0.457 e. The van der Waals surface area contributed by atoms with Crippen LogP contribution in [0.3, 0.4) is 0 Å². The molecule has 2 aromatic rings. The lowest BCUT2D eigenvalue weighted by atomic mass is 9.49. The van der Waals surface area contributed by atoms with Crippen LogP contribution in [0.15, 0.2) is 48.5 Å². The summed E-state index contributed by atoms with van der Waals surface area (Å²) in [6.45, 7) is 0. The summed E-state index contributed by atoms with van der Waals surface area (Å²) in [6, 6.07) is 15.1. The highest BCUT2D eigenvalue weighted by Crippen LogP contribution is 2.60. The number of para-hydroxylation sites is 1. The number of hydrogen-bond donors (Lipinski definition) is 2. The van der Waals surface area contributed by atoms with Gasteiger partial charge in [0.2, 0.25) is 5.91 Å². The van der Waals surface area contributed by atoms with Crippen molar-refractivity contribution in [2.75, 3.05) is 11.1 Å². The summed E-state index contributed by atoms with van der Waals surface area (Å²) < 4.78 is 5.90. The van der Waals surface area contributed by atoms with Crippen LogP contribution in [-0.4, -0.2) is 5.91 Å². The molecule has 0 aliphatic heterocycles. The maximum absolute atomic E-state index is 13.3. The Morgan fingerprint density at radius 1 is 0.926 bits per heavy atom. The van der Waals surface area contributed by atoms with Crippen LogP contribution in [0.25, 0.3) is 0 Å². The maximum Gasteiger partial charge on any atom is 0.230 e. The molecule has 4 saturated carbocycles. The molecule has 4 aliphatic carbocycles. The monoisotopic (exact) mass is 362 g/mol. The predicted molar refractivity (Wildman–Crippen MR) is 107 cm³/mol. The molecule has 6 rings (SSSR count). The van der Waals surface area contributed by atoms with Gasteiger partial charge in [-0.2, -0.15) is 0 Å². The van der Waals surface area contributed by atoms with Gasteiger partial charge in [0, 0.05) is 23.5 Å². The number of benzene rings is 2. The summed E-state index contributed by atoms with van der Waals surface area (Å²) in [5.74, 6) is 3.82. The lowest BCUT2D eigenvalue weighted by Crippen LogP contribution is -2.51. The van der Waals surface area contributed by atoms with E-state index in [9.17, 15) is 4.79 Å². The Labute approximate surface area is 160 Å². The zero-order valence-corrected chi connectivity index (χ0v) is 15.5. The third-order valence-electron chi connectivity index (χ3n) is 6.69. The Hall–Kier alpha value is -2.49. The maximum atomic E-state index is 13.3. The molecule has 27 heavy (non-hydrogen) atoms. The summed E-state index contributed by atoms with van der Waals surface area (Å²) in [5.41, 5.74) is 7.21. The van der Waals surface area contributed by atoms with Crippen molar-refractivity contribution in [1.29, 1.82) is 0 Å². The molecule has 4 bridgehead atoms. The van der Waals surface area contributed by atoms with E-state index in [1.165, 1.54) is 19.3 Å². The van der Waals surface area contributed by atoms with Crippen molar-refractivity contribution in [1.82, 2.24) is 0 Å². The van der Waals surface area contributed by atoms with Crippen molar-refractivity contribution >= 4 is 17.3 Å². The second-order valence-electron chi connectivity index (χ2n) is 8.86.